The van der Waals surface area contributed by atoms with Gasteiger partial charge in [0.2, 0.25) is 17.7 Å². The van der Waals surface area contributed by atoms with E-state index in [1.807, 2.05) is 39.0 Å². The molecule has 1 unspecified atom stereocenters. The summed E-state index contributed by atoms with van der Waals surface area (Å²) in [6.07, 6.45) is 4.96. The minimum absolute atomic E-state index is 0.113. The molecule has 2 fully saturated rings. The second-order valence-corrected chi connectivity index (χ2v) is 19.7. The molecule has 3 aliphatic rings. The highest BCUT2D eigenvalue weighted by molar-refractivity contribution is 5.97. The lowest BCUT2D eigenvalue weighted by Crippen LogP contribution is -2.67. The number of esters is 1. The number of likely N-dealkylation sites (tertiary alicyclic amines) is 1. The highest BCUT2D eigenvalue weighted by Gasteiger charge is 2.45. The van der Waals surface area contributed by atoms with Crippen LogP contribution >= 0.6 is 0 Å². The first-order valence-electron chi connectivity index (χ1n) is 23.4. The summed E-state index contributed by atoms with van der Waals surface area (Å²) in [5.74, 6) is -2.62. The van der Waals surface area contributed by atoms with Gasteiger partial charge in [0.25, 0.3) is 5.91 Å². The third kappa shape index (κ3) is 9.67. The molecule has 5 atom stereocenters. The summed E-state index contributed by atoms with van der Waals surface area (Å²) in [6.45, 7) is 19.2. The number of fused-ring (bicyclic) bond motifs is 6. The summed E-state index contributed by atoms with van der Waals surface area (Å²) >= 11 is 0. The van der Waals surface area contributed by atoms with Crippen molar-refractivity contribution in [3.63, 3.8) is 0 Å². The van der Waals surface area contributed by atoms with E-state index in [-0.39, 0.29) is 43.4 Å². The Morgan fingerprint density at radius 2 is 1.79 bits per heavy atom. The van der Waals surface area contributed by atoms with Crippen LogP contribution in [0.3, 0.4) is 0 Å². The maximum Gasteiger partial charge on any atom is 0.324 e. The number of pyridine rings is 1. The molecule has 0 saturated carbocycles. The van der Waals surface area contributed by atoms with Gasteiger partial charge in [-0.25, -0.2) is 5.43 Å². The lowest BCUT2D eigenvalue weighted by atomic mass is 9.84. The molecule has 2 N–H and O–H groups in total. The van der Waals surface area contributed by atoms with Gasteiger partial charge in [-0.3, -0.25) is 34.0 Å². The van der Waals surface area contributed by atoms with E-state index in [0.717, 1.165) is 50.1 Å². The number of ether oxygens (including phenoxy) is 2. The molecule has 5 heterocycles. The maximum absolute atomic E-state index is 15.0. The Bertz CT molecular complexity index is 2510. The van der Waals surface area contributed by atoms with Gasteiger partial charge in [-0.15, -0.1) is 0 Å². The third-order valence-electron chi connectivity index (χ3n) is 13.7. The van der Waals surface area contributed by atoms with Crippen molar-refractivity contribution in [2.75, 3.05) is 40.4 Å². The molecule has 7 rings (SSSR count). The Balaban J connectivity index is 1.31. The van der Waals surface area contributed by atoms with Crippen molar-refractivity contribution in [1.29, 1.82) is 0 Å². The van der Waals surface area contributed by atoms with Gasteiger partial charge in [0.1, 0.15) is 17.6 Å². The van der Waals surface area contributed by atoms with E-state index in [4.69, 9.17) is 14.5 Å². The van der Waals surface area contributed by atoms with Crippen LogP contribution in [0.25, 0.3) is 33.3 Å². The van der Waals surface area contributed by atoms with E-state index in [1.165, 1.54) is 16.0 Å². The fourth-order valence-corrected chi connectivity index (χ4v) is 10.2. The number of aromatic nitrogens is 2. The molecule has 0 spiro atoms. The monoisotopic (exact) mass is 902 g/mol. The molecule has 6 bridgehead atoms. The average Bonchev–Trinajstić information content (AvgIpc) is 3.92. The number of hydrogen-bond acceptors (Lipinski definition) is 9. The molecule has 352 valence electrons. The van der Waals surface area contributed by atoms with Crippen LogP contribution in [-0.2, 0) is 52.8 Å². The number of benzene rings is 2. The van der Waals surface area contributed by atoms with E-state index < -0.39 is 46.7 Å². The van der Waals surface area contributed by atoms with Crippen LogP contribution in [-0.4, -0.2) is 112 Å². The van der Waals surface area contributed by atoms with Crippen molar-refractivity contribution in [3.8, 4) is 22.4 Å². The molecular weight excluding hydrogens is 835 g/mol. The Morgan fingerprint density at radius 3 is 2.50 bits per heavy atom. The molecular formula is C52H67N7O7. The number of hydrogen-bond donors (Lipinski definition) is 2. The molecule has 0 radical (unpaired) electrons. The van der Waals surface area contributed by atoms with Crippen LogP contribution in [0.15, 0.2) is 73.4 Å². The number of carbonyl (C=O) groups is 5. The number of hydrazine groups is 1. The van der Waals surface area contributed by atoms with E-state index >= 15 is 4.79 Å². The van der Waals surface area contributed by atoms with Gasteiger partial charge in [0.15, 0.2) is 0 Å². The fourth-order valence-electron chi connectivity index (χ4n) is 10.2. The summed E-state index contributed by atoms with van der Waals surface area (Å²) in [6, 6.07) is 16.9. The second-order valence-electron chi connectivity index (χ2n) is 19.7. The van der Waals surface area contributed by atoms with Crippen molar-refractivity contribution in [2.24, 2.45) is 17.3 Å². The standard InChI is InChI=1S/C52H67N7O7/c1-11-43(60)57-25-22-37(30-57)48(62)56(9)45(32(3)4)47(61)54-52(8)28-34-16-13-17-35(26-34)36-20-21-42-39(27-36)40(46(58(42)12-2)38-18-14-23-53-44(38)33(5)65-10)29-51(6,7)31-66-49(63)41-19-15-24-59(55-41)50(52)64/h11,13-14,16-18,20-21,23,26-27,32-33,37,41,45,55H,1,12,15,19,22,24-25,28-31H2,2-10H3,(H,54,61)/t33-,37-,41-,45-,52?/m0/s1. The highest BCUT2D eigenvalue weighted by atomic mass is 16.5. The molecule has 2 aromatic carbocycles. The van der Waals surface area contributed by atoms with Crippen LogP contribution in [0.4, 0.5) is 0 Å². The lowest BCUT2D eigenvalue weighted by Gasteiger charge is -2.41. The number of carbonyl (C=O) groups excluding carboxylic acids is 5. The van der Waals surface area contributed by atoms with Gasteiger partial charge in [0, 0.05) is 74.8 Å². The Labute approximate surface area is 389 Å². The smallest absolute Gasteiger partial charge is 0.324 e. The predicted molar refractivity (Wildman–Crippen MR) is 255 cm³/mol. The zero-order valence-corrected chi connectivity index (χ0v) is 40.1. The van der Waals surface area contributed by atoms with Crippen LogP contribution in [0.2, 0.25) is 0 Å². The van der Waals surface area contributed by atoms with E-state index in [1.54, 1.807) is 32.2 Å². The Kier molecular flexibility index (Phi) is 14.2. The molecule has 14 nitrogen and oxygen atoms in total. The molecule has 4 amide bonds. The van der Waals surface area contributed by atoms with Crippen molar-refractivity contribution < 1.29 is 33.4 Å². The van der Waals surface area contributed by atoms with Gasteiger partial charge >= 0.3 is 5.97 Å². The number of likely N-dealkylation sites (N-methyl/N-ethyl adjacent to an activating group) is 1. The summed E-state index contributed by atoms with van der Waals surface area (Å²) < 4.78 is 14.3. The molecule has 3 aliphatic heterocycles. The number of amides is 4. The zero-order valence-electron chi connectivity index (χ0n) is 40.1. The average molecular weight is 902 g/mol. The van der Waals surface area contributed by atoms with Gasteiger partial charge in [0.05, 0.1) is 30.0 Å². The van der Waals surface area contributed by atoms with E-state index in [2.05, 4.69) is 79.1 Å². The molecule has 2 aromatic heterocycles. The Morgan fingerprint density at radius 1 is 1.03 bits per heavy atom. The van der Waals surface area contributed by atoms with Gasteiger partial charge in [-0.05, 0) is 105 Å². The van der Waals surface area contributed by atoms with E-state index in [9.17, 15) is 19.2 Å². The minimum atomic E-state index is -1.52. The summed E-state index contributed by atoms with van der Waals surface area (Å²) in [4.78, 5) is 77.9. The number of nitrogens with zero attached hydrogens (tertiary/aromatic N) is 5. The van der Waals surface area contributed by atoms with Crippen LogP contribution in [0.1, 0.15) is 90.7 Å². The van der Waals surface area contributed by atoms with Gasteiger partial charge in [-0.2, -0.15) is 0 Å². The molecule has 4 aromatic rings. The largest absolute Gasteiger partial charge is 0.464 e. The maximum atomic E-state index is 15.0. The quantitative estimate of drug-likeness (QED) is 0.132. The minimum Gasteiger partial charge on any atom is -0.464 e. The van der Waals surface area contributed by atoms with Crippen LogP contribution in [0.5, 0.6) is 0 Å². The molecule has 14 heteroatoms. The van der Waals surface area contributed by atoms with E-state index in [0.29, 0.717) is 45.3 Å². The number of methoxy groups -OCH3 is 1. The van der Waals surface area contributed by atoms with Crippen molar-refractivity contribution in [2.45, 2.75) is 111 Å². The van der Waals surface area contributed by atoms with Crippen molar-refractivity contribution in [3.05, 3.63) is 90.3 Å². The van der Waals surface area contributed by atoms with Gasteiger partial charge in [-0.1, -0.05) is 64.6 Å². The van der Waals surface area contributed by atoms with Crippen molar-refractivity contribution >= 4 is 40.5 Å². The molecule has 2 saturated heterocycles. The zero-order chi connectivity index (χ0) is 47.7. The molecule has 0 aliphatic carbocycles. The van der Waals surface area contributed by atoms with Crippen LogP contribution in [0, 0.1) is 17.3 Å². The second kappa shape index (κ2) is 19.5. The SMILES string of the molecule is C=CC(=O)N1CC[C@H](C(=O)N(C)[C@H](C(=O)NC2(C)Cc3cccc(c3)-c3ccc4c(c3)c(c(-c3cccnc3[C@H](C)OC)n4CC)CC(C)(C)COC(=O)[C@@H]3CCCN(N3)C2=O)C(C)C)C1. The lowest BCUT2D eigenvalue weighted by molar-refractivity contribution is -0.157. The number of cyclic esters (lactones) is 1. The summed E-state index contributed by atoms with van der Waals surface area (Å²) in [5, 5.41) is 5.66. The normalized spacial score (nSPS) is 22.1. The predicted octanol–water partition coefficient (Wildman–Crippen LogP) is 6.65. The number of nitrogens with one attached hydrogen (secondary N) is 2. The molecule has 66 heavy (non-hydrogen) atoms. The summed E-state index contributed by atoms with van der Waals surface area (Å²) in [5.41, 5.74) is 8.93. The topological polar surface area (TPSA) is 155 Å². The number of rotatable bonds is 10. The Hall–Kier alpha value is -5.86. The third-order valence-corrected chi connectivity index (χ3v) is 13.7. The first-order valence-corrected chi connectivity index (χ1v) is 23.4. The first-order chi connectivity index (χ1) is 31.4. The highest BCUT2D eigenvalue weighted by Crippen LogP contribution is 2.42. The fraction of sp³-hybridized carbons (Fsp3) is 0.500. The van der Waals surface area contributed by atoms with Crippen LogP contribution < -0.4 is 10.7 Å². The first kappa shape index (κ1) is 48.1. The van der Waals surface area contributed by atoms with Gasteiger partial charge < -0.3 is 29.2 Å². The number of aryl methyl sites for hydroxylation is 1. The van der Waals surface area contributed by atoms with Crippen molar-refractivity contribution in [1.82, 2.24) is 35.1 Å². The summed E-state index contributed by atoms with van der Waals surface area (Å²) in [7, 11) is 3.30.